The lowest BCUT2D eigenvalue weighted by Crippen LogP contribution is -2.42. The second-order valence-electron chi connectivity index (χ2n) is 5.56. The van der Waals surface area contributed by atoms with E-state index >= 15 is 0 Å². The van der Waals surface area contributed by atoms with Crippen molar-refractivity contribution in [2.45, 2.75) is 32.6 Å². The van der Waals surface area contributed by atoms with Crippen LogP contribution in [0.5, 0.6) is 0 Å². The molecule has 1 amide bonds. The molecular weight excluding hydrogens is 254 g/mol. The van der Waals surface area contributed by atoms with Crippen LogP contribution >= 0.6 is 0 Å². The van der Waals surface area contributed by atoms with Gasteiger partial charge in [0.1, 0.15) is 17.5 Å². The van der Waals surface area contributed by atoms with E-state index < -0.39 is 0 Å². The van der Waals surface area contributed by atoms with E-state index in [4.69, 9.17) is 5.73 Å². The average Bonchev–Trinajstić information content (AvgIpc) is 2.45. The summed E-state index contributed by atoms with van der Waals surface area (Å²) in [5.74, 6) is 2.42. The third-order valence-corrected chi connectivity index (χ3v) is 3.63. The Hall–Kier alpha value is -1.85. The predicted molar refractivity (Wildman–Crippen MR) is 79.5 cm³/mol. The number of piperidine rings is 1. The van der Waals surface area contributed by atoms with Crippen molar-refractivity contribution in [1.82, 2.24) is 15.3 Å². The zero-order valence-corrected chi connectivity index (χ0v) is 12.4. The van der Waals surface area contributed by atoms with Gasteiger partial charge in [0.25, 0.3) is 0 Å². The summed E-state index contributed by atoms with van der Waals surface area (Å²) in [5, 5.41) is 2.72. The van der Waals surface area contributed by atoms with Crippen LogP contribution < -0.4 is 16.0 Å². The van der Waals surface area contributed by atoms with E-state index in [1.807, 2.05) is 13.8 Å². The monoisotopic (exact) mass is 277 g/mol. The Bertz CT molecular complexity index is 488. The molecule has 3 N–H and O–H groups in total. The van der Waals surface area contributed by atoms with Crippen molar-refractivity contribution in [2.75, 3.05) is 30.8 Å². The predicted octanol–water partition coefficient (Wildman–Crippen LogP) is 1.14. The summed E-state index contributed by atoms with van der Waals surface area (Å²) in [5.41, 5.74) is 5.87. The number of amides is 1. The van der Waals surface area contributed by atoms with Crippen LogP contribution in [0.2, 0.25) is 0 Å². The summed E-state index contributed by atoms with van der Waals surface area (Å²) in [6.07, 6.45) is 1.91. The SMILES string of the molecule is CNC(=O)C1CCCN(c2cc(N)nc(C(C)C)n2)C1. The van der Waals surface area contributed by atoms with Gasteiger partial charge in [0.2, 0.25) is 5.91 Å². The first-order valence-corrected chi connectivity index (χ1v) is 7.12. The third kappa shape index (κ3) is 3.18. The van der Waals surface area contributed by atoms with Gasteiger partial charge in [-0.15, -0.1) is 0 Å². The third-order valence-electron chi connectivity index (χ3n) is 3.63. The van der Waals surface area contributed by atoms with Crippen molar-refractivity contribution >= 4 is 17.5 Å². The number of nitrogen functional groups attached to an aromatic ring is 1. The number of nitrogens with two attached hydrogens (primary N) is 1. The van der Waals surface area contributed by atoms with Crippen molar-refractivity contribution in [2.24, 2.45) is 5.92 Å². The molecule has 1 unspecified atom stereocenters. The normalized spacial score (nSPS) is 19.2. The Morgan fingerprint density at radius 2 is 2.25 bits per heavy atom. The summed E-state index contributed by atoms with van der Waals surface area (Å²) in [6.45, 7) is 5.68. The average molecular weight is 277 g/mol. The standard InChI is InChI=1S/C14H23N5O/c1-9(2)13-17-11(15)7-12(18-13)19-6-4-5-10(8-19)14(20)16-3/h7,9-10H,4-6,8H2,1-3H3,(H,16,20)(H2,15,17,18). The summed E-state index contributed by atoms with van der Waals surface area (Å²) < 4.78 is 0. The molecule has 2 rings (SSSR count). The van der Waals surface area contributed by atoms with Gasteiger partial charge in [-0.05, 0) is 12.8 Å². The molecule has 0 bridgehead atoms. The Kier molecular flexibility index (Phi) is 4.42. The van der Waals surface area contributed by atoms with Gasteiger partial charge in [-0.1, -0.05) is 13.8 Å². The number of hydrogen-bond donors (Lipinski definition) is 2. The van der Waals surface area contributed by atoms with Crippen LogP contribution in [0, 0.1) is 5.92 Å². The molecule has 1 aliphatic heterocycles. The van der Waals surface area contributed by atoms with Crippen LogP contribution in [-0.2, 0) is 4.79 Å². The van der Waals surface area contributed by atoms with E-state index in [1.54, 1.807) is 13.1 Å². The minimum Gasteiger partial charge on any atom is -0.384 e. The van der Waals surface area contributed by atoms with Crippen molar-refractivity contribution in [3.8, 4) is 0 Å². The molecule has 0 saturated carbocycles. The van der Waals surface area contributed by atoms with E-state index in [0.29, 0.717) is 12.4 Å². The lowest BCUT2D eigenvalue weighted by atomic mass is 9.97. The molecule has 1 saturated heterocycles. The molecule has 1 aromatic heterocycles. The molecule has 1 aliphatic rings. The van der Waals surface area contributed by atoms with E-state index in [1.165, 1.54) is 0 Å². The lowest BCUT2D eigenvalue weighted by Gasteiger charge is -2.33. The molecule has 0 spiro atoms. The molecule has 0 radical (unpaired) electrons. The number of anilines is 2. The van der Waals surface area contributed by atoms with E-state index in [2.05, 4.69) is 20.2 Å². The Balaban J connectivity index is 2.20. The van der Waals surface area contributed by atoms with Crippen molar-refractivity contribution < 1.29 is 4.79 Å². The second-order valence-corrected chi connectivity index (χ2v) is 5.56. The highest BCUT2D eigenvalue weighted by Gasteiger charge is 2.26. The number of hydrogen-bond acceptors (Lipinski definition) is 5. The second kappa shape index (κ2) is 6.07. The van der Waals surface area contributed by atoms with E-state index in [-0.39, 0.29) is 17.7 Å². The molecule has 1 aromatic rings. The Labute approximate surface area is 119 Å². The Morgan fingerprint density at radius 1 is 1.50 bits per heavy atom. The van der Waals surface area contributed by atoms with Gasteiger partial charge in [0, 0.05) is 32.1 Å². The number of aromatic nitrogens is 2. The molecule has 0 aliphatic carbocycles. The largest absolute Gasteiger partial charge is 0.384 e. The fraction of sp³-hybridized carbons (Fsp3) is 0.643. The number of nitrogens with zero attached hydrogens (tertiary/aromatic N) is 3. The van der Waals surface area contributed by atoms with Gasteiger partial charge >= 0.3 is 0 Å². The zero-order valence-electron chi connectivity index (χ0n) is 12.4. The maximum Gasteiger partial charge on any atom is 0.224 e. The molecule has 6 heteroatoms. The van der Waals surface area contributed by atoms with Crippen LogP contribution in [0.15, 0.2) is 6.07 Å². The van der Waals surface area contributed by atoms with Crippen molar-refractivity contribution in [3.05, 3.63) is 11.9 Å². The van der Waals surface area contributed by atoms with Gasteiger partial charge in [-0.3, -0.25) is 4.79 Å². The van der Waals surface area contributed by atoms with Crippen LogP contribution in [0.3, 0.4) is 0 Å². The smallest absolute Gasteiger partial charge is 0.224 e. The summed E-state index contributed by atoms with van der Waals surface area (Å²) >= 11 is 0. The highest BCUT2D eigenvalue weighted by Crippen LogP contribution is 2.24. The topological polar surface area (TPSA) is 84.1 Å². The molecular formula is C14H23N5O. The minimum atomic E-state index is 0.0208. The highest BCUT2D eigenvalue weighted by molar-refractivity contribution is 5.79. The first kappa shape index (κ1) is 14.6. The van der Waals surface area contributed by atoms with Crippen molar-refractivity contribution in [3.63, 3.8) is 0 Å². The van der Waals surface area contributed by atoms with Crippen LogP contribution in [-0.4, -0.2) is 36.0 Å². The Morgan fingerprint density at radius 3 is 2.90 bits per heavy atom. The lowest BCUT2D eigenvalue weighted by molar-refractivity contribution is -0.124. The molecule has 1 fully saturated rings. The van der Waals surface area contributed by atoms with Gasteiger partial charge in [-0.2, -0.15) is 0 Å². The maximum absolute atomic E-state index is 11.8. The fourth-order valence-electron chi connectivity index (χ4n) is 2.50. The quantitative estimate of drug-likeness (QED) is 0.865. The first-order chi connectivity index (χ1) is 9.51. The fourth-order valence-corrected chi connectivity index (χ4v) is 2.50. The zero-order chi connectivity index (χ0) is 14.7. The van der Waals surface area contributed by atoms with Gasteiger partial charge in [-0.25, -0.2) is 9.97 Å². The number of rotatable bonds is 3. The summed E-state index contributed by atoms with van der Waals surface area (Å²) in [4.78, 5) is 22.8. The van der Waals surface area contributed by atoms with Crippen LogP contribution in [0.4, 0.5) is 11.6 Å². The molecule has 2 heterocycles. The highest BCUT2D eigenvalue weighted by atomic mass is 16.1. The summed E-state index contributed by atoms with van der Waals surface area (Å²) in [7, 11) is 1.68. The van der Waals surface area contributed by atoms with Crippen molar-refractivity contribution in [1.29, 1.82) is 0 Å². The van der Waals surface area contributed by atoms with Crippen LogP contribution in [0.1, 0.15) is 38.4 Å². The van der Waals surface area contributed by atoms with Gasteiger partial charge < -0.3 is 16.0 Å². The maximum atomic E-state index is 11.8. The number of nitrogens with one attached hydrogen (secondary N) is 1. The molecule has 110 valence electrons. The molecule has 6 nitrogen and oxygen atoms in total. The number of carbonyl (C=O) groups excluding carboxylic acids is 1. The van der Waals surface area contributed by atoms with E-state index in [9.17, 15) is 4.79 Å². The minimum absolute atomic E-state index is 0.0208. The molecule has 0 aromatic carbocycles. The number of carbonyl (C=O) groups is 1. The molecule has 20 heavy (non-hydrogen) atoms. The summed E-state index contributed by atoms with van der Waals surface area (Å²) in [6, 6.07) is 1.79. The van der Waals surface area contributed by atoms with Gasteiger partial charge in [0.15, 0.2) is 0 Å². The van der Waals surface area contributed by atoms with Gasteiger partial charge in [0.05, 0.1) is 5.92 Å². The van der Waals surface area contributed by atoms with Crippen LogP contribution in [0.25, 0.3) is 0 Å². The first-order valence-electron chi connectivity index (χ1n) is 7.12. The van der Waals surface area contributed by atoms with E-state index in [0.717, 1.165) is 31.0 Å². The molecule has 1 atom stereocenters.